The average molecular weight is 424 g/mol. The highest BCUT2D eigenvalue weighted by Crippen LogP contribution is 2.32. The second-order valence-electron chi connectivity index (χ2n) is 8.39. The van der Waals surface area contributed by atoms with Gasteiger partial charge in [-0.3, -0.25) is 19.8 Å². The molecule has 31 heavy (non-hydrogen) atoms. The van der Waals surface area contributed by atoms with Crippen LogP contribution < -0.4 is 10.2 Å². The monoisotopic (exact) mass is 423 g/mol. The van der Waals surface area contributed by atoms with Crippen LogP contribution >= 0.6 is 0 Å². The number of nitro benzene ring substituents is 1. The number of nitrogens with one attached hydrogen (secondary N) is 1. The Hall–Kier alpha value is -2.97. The Morgan fingerprint density at radius 2 is 1.68 bits per heavy atom. The lowest BCUT2D eigenvalue weighted by atomic mass is 10.1. The van der Waals surface area contributed by atoms with Gasteiger partial charge in [-0.25, -0.2) is 0 Å². The lowest BCUT2D eigenvalue weighted by molar-refractivity contribution is -0.384. The van der Waals surface area contributed by atoms with Crippen LogP contribution in [0, 0.1) is 10.1 Å². The summed E-state index contributed by atoms with van der Waals surface area (Å²) in [6.07, 6.45) is 2.06. The van der Waals surface area contributed by atoms with E-state index in [0.29, 0.717) is 11.4 Å². The van der Waals surface area contributed by atoms with Gasteiger partial charge in [0.05, 0.1) is 4.92 Å². The minimum Gasteiger partial charge on any atom is -0.366 e. The smallest absolute Gasteiger partial charge is 0.293 e. The summed E-state index contributed by atoms with van der Waals surface area (Å²) in [4.78, 5) is 30.6. The van der Waals surface area contributed by atoms with Gasteiger partial charge in [0.2, 0.25) is 0 Å². The largest absolute Gasteiger partial charge is 0.366 e. The lowest BCUT2D eigenvalue weighted by Gasteiger charge is -2.32. The first-order valence-corrected chi connectivity index (χ1v) is 10.8. The number of likely N-dealkylation sites (N-methyl/N-ethyl adjacent to an activating group) is 1. The molecule has 0 saturated carbocycles. The number of benzene rings is 2. The number of anilines is 2. The van der Waals surface area contributed by atoms with Crippen molar-refractivity contribution in [3.8, 4) is 0 Å². The first-order chi connectivity index (χ1) is 15.0. The van der Waals surface area contributed by atoms with E-state index in [1.165, 1.54) is 11.6 Å². The number of carbonyl (C=O) groups excluding carboxylic acids is 1. The summed E-state index contributed by atoms with van der Waals surface area (Å²) in [6, 6.07) is 12.5. The molecule has 2 fully saturated rings. The lowest BCUT2D eigenvalue weighted by Crippen LogP contribution is -2.43. The number of hydrogen-bond acceptors (Lipinski definition) is 6. The van der Waals surface area contributed by atoms with Crippen molar-refractivity contribution in [2.45, 2.75) is 19.4 Å². The summed E-state index contributed by atoms with van der Waals surface area (Å²) >= 11 is 0. The second kappa shape index (κ2) is 9.45. The fraction of sp³-hybridized carbons (Fsp3) is 0.435. The number of nitrogens with zero attached hydrogens (tertiary/aromatic N) is 4. The fourth-order valence-electron chi connectivity index (χ4n) is 4.20. The molecule has 2 aromatic rings. The van der Waals surface area contributed by atoms with E-state index >= 15 is 0 Å². The van der Waals surface area contributed by atoms with Crippen molar-refractivity contribution in [1.82, 2.24) is 9.80 Å². The molecular formula is C23H29N5O3. The van der Waals surface area contributed by atoms with E-state index in [-0.39, 0.29) is 17.2 Å². The van der Waals surface area contributed by atoms with Crippen molar-refractivity contribution in [3.05, 3.63) is 63.7 Å². The SMILES string of the molecule is CN1CCN(Cc2ccc(NC(=O)c3ccc(N4CCCC4)c([N+](=O)[O-])c3)cc2)CC1. The number of carbonyl (C=O) groups is 1. The first kappa shape index (κ1) is 21.3. The summed E-state index contributed by atoms with van der Waals surface area (Å²) in [6.45, 7) is 6.79. The summed E-state index contributed by atoms with van der Waals surface area (Å²) in [5, 5.41) is 14.4. The maximum atomic E-state index is 12.7. The minimum absolute atomic E-state index is 0.0166. The van der Waals surface area contributed by atoms with Crippen LogP contribution in [0.2, 0.25) is 0 Å². The van der Waals surface area contributed by atoms with Gasteiger partial charge in [-0.1, -0.05) is 12.1 Å². The molecule has 0 bridgehead atoms. The van der Waals surface area contributed by atoms with Crippen molar-refractivity contribution in [1.29, 1.82) is 0 Å². The molecule has 2 aliphatic rings. The van der Waals surface area contributed by atoms with Crippen molar-refractivity contribution in [3.63, 3.8) is 0 Å². The van der Waals surface area contributed by atoms with Gasteiger partial charge >= 0.3 is 0 Å². The van der Waals surface area contributed by atoms with E-state index in [1.807, 2.05) is 29.2 Å². The first-order valence-electron chi connectivity index (χ1n) is 10.8. The molecule has 8 heteroatoms. The van der Waals surface area contributed by atoms with Gasteiger partial charge < -0.3 is 15.1 Å². The van der Waals surface area contributed by atoms with Crippen LogP contribution in [0.15, 0.2) is 42.5 Å². The van der Waals surface area contributed by atoms with Gasteiger partial charge in [-0.2, -0.15) is 0 Å². The standard InChI is InChI=1S/C23H29N5O3/c1-25-12-14-26(15-13-25)17-18-4-7-20(8-5-18)24-23(29)19-6-9-21(22(16-19)28(30)31)27-10-2-3-11-27/h4-9,16H,2-3,10-15,17H2,1H3,(H,24,29). The molecule has 0 aliphatic carbocycles. The van der Waals surface area contributed by atoms with Gasteiger partial charge in [0.15, 0.2) is 0 Å². The van der Waals surface area contributed by atoms with Crippen LogP contribution in [0.25, 0.3) is 0 Å². The van der Waals surface area contributed by atoms with Crippen LogP contribution in [0.3, 0.4) is 0 Å². The van der Waals surface area contributed by atoms with E-state index in [4.69, 9.17) is 0 Å². The molecule has 2 heterocycles. The van der Waals surface area contributed by atoms with Gasteiger partial charge in [-0.15, -0.1) is 0 Å². The predicted molar refractivity (Wildman–Crippen MR) is 122 cm³/mol. The Morgan fingerprint density at radius 3 is 2.32 bits per heavy atom. The number of piperazine rings is 1. The van der Waals surface area contributed by atoms with Crippen LogP contribution in [-0.4, -0.2) is 66.9 Å². The molecule has 0 unspecified atom stereocenters. The molecule has 164 valence electrons. The molecule has 1 N–H and O–H groups in total. The summed E-state index contributed by atoms with van der Waals surface area (Å²) < 4.78 is 0. The highest BCUT2D eigenvalue weighted by molar-refractivity contribution is 6.05. The summed E-state index contributed by atoms with van der Waals surface area (Å²) in [7, 11) is 2.14. The zero-order valence-electron chi connectivity index (χ0n) is 17.9. The van der Waals surface area contributed by atoms with E-state index in [2.05, 4.69) is 22.2 Å². The van der Waals surface area contributed by atoms with Crippen molar-refractivity contribution >= 4 is 23.0 Å². The van der Waals surface area contributed by atoms with Crippen LogP contribution in [0.1, 0.15) is 28.8 Å². The third-order valence-electron chi connectivity index (χ3n) is 6.09. The molecule has 8 nitrogen and oxygen atoms in total. The Morgan fingerprint density at radius 1 is 1.00 bits per heavy atom. The number of rotatable bonds is 6. The number of hydrogen-bond donors (Lipinski definition) is 1. The molecule has 0 spiro atoms. The molecular weight excluding hydrogens is 394 g/mol. The highest BCUT2D eigenvalue weighted by atomic mass is 16.6. The van der Waals surface area contributed by atoms with E-state index in [9.17, 15) is 14.9 Å². The molecule has 2 saturated heterocycles. The predicted octanol–water partition coefficient (Wildman–Crippen LogP) is 3.19. The van der Waals surface area contributed by atoms with Gasteiger partial charge in [0.25, 0.3) is 11.6 Å². The van der Waals surface area contributed by atoms with Crippen molar-refractivity contribution in [2.24, 2.45) is 0 Å². The normalized spacial score (nSPS) is 17.6. The molecule has 0 aromatic heterocycles. The molecule has 1 amide bonds. The third-order valence-corrected chi connectivity index (χ3v) is 6.09. The zero-order valence-corrected chi connectivity index (χ0v) is 17.9. The van der Waals surface area contributed by atoms with E-state index < -0.39 is 4.92 Å². The number of amides is 1. The summed E-state index contributed by atoms with van der Waals surface area (Å²) in [5.41, 5.74) is 2.74. The molecule has 0 radical (unpaired) electrons. The Labute approximate surface area is 182 Å². The molecule has 2 aromatic carbocycles. The Kier molecular flexibility index (Phi) is 6.48. The number of nitro groups is 1. The second-order valence-corrected chi connectivity index (χ2v) is 8.39. The maximum Gasteiger partial charge on any atom is 0.293 e. The highest BCUT2D eigenvalue weighted by Gasteiger charge is 2.24. The average Bonchev–Trinajstić information content (AvgIpc) is 3.31. The minimum atomic E-state index is -0.405. The van der Waals surface area contributed by atoms with Crippen molar-refractivity contribution < 1.29 is 9.72 Å². The van der Waals surface area contributed by atoms with E-state index in [0.717, 1.165) is 58.7 Å². The van der Waals surface area contributed by atoms with Crippen LogP contribution in [-0.2, 0) is 6.54 Å². The van der Waals surface area contributed by atoms with Crippen molar-refractivity contribution in [2.75, 3.05) is 56.5 Å². The van der Waals surface area contributed by atoms with E-state index in [1.54, 1.807) is 12.1 Å². The van der Waals surface area contributed by atoms with Gasteiger partial charge in [0.1, 0.15) is 5.69 Å². The topological polar surface area (TPSA) is 82.0 Å². The Balaban J connectivity index is 1.40. The zero-order chi connectivity index (χ0) is 21.8. The molecule has 0 atom stereocenters. The Bertz CT molecular complexity index is 933. The van der Waals surface area contributed by atoms with Crippen LogP contribution in [0.5, 0.6) is 0 Å². The molecule has 2 aliphatic heterocycles. The summed E-state index contributed by atoms with van der Waals surface area (Å²) in [5.74, 6) is -0.345. The quantitative estimate of drug-likeness (QED) is 0.568. The van der Waals surface area contributed by atoms with Gasteiger partial charge in [0, 0.05) is 63.1 Å². The van der Waals surface area contributed by atoms with Gasteiger partial charge in [-0.05, 0) is 49.7 Å². The van der Waals surface area contributed by atoms with Crippen LogP contribution in [0.4, 0.5) is 17.1 Å². The maximum absolute atomic E-state index is 12.7. The third kappa shape index (κ3) is 5.21. The fourth-order valence-corrected chi connectivity index (χ4v) is 4.20. The molecule has 4 rings (SSSR count).